The Hall–Kier alpha value is -2.82. The van der Waals surface area contributed by atoms with Gasteiger partial charge in [-0.1, -0.05) is 0 Å². The summed E-state index contributed by atoms with van der Waals surface area (Å²) in [5, 5.41) is 8.10. The number of anilines is 1. The van der Waals surface area contributed by atoms with Crippen LogP contribution in [-0.2, 0) is 4.79 Å². The molecule has 11 heteroatoms. The predicted octanol–water partition coefficient (Wildman–Crippen LogP) is 2.06. The van der Waals surface area contributed by atoms with E-state index in [4.69, 9.17) is 25.1 Å². The first-order valence-electron chi connectivity index (χ1n) is 8.25. The van der Waals surface area contributed by atoms with Crippen molar-refractivity contribution in [1.29, 1.82) is 0 Å². The summed E-state index contributed by atoms with van der Waals surface area (Å²) in [6, 6.07) is 4.02. The molecule has 8 nitrogen and oxygen atoms in total. The molecule has 0 aliphatic carbocycles. The summed E-state index contributed by atoms with van der Waals surface area (Å²) in [4.78, 5) is 19.9. The normalized spacial score (nSPS) is 15.3. The minimum absolute atomic E-state index is 0.212. The second kappa shape index (κ2) is 8.46. The van der Waals surface area contributed by atoms with Gasteiger partial charge >= 0.3 is 12.1 Å². The molecular weight excluding hydrogens is 381 g/mol. The van der Waals surface area contributed by atoms with Crippen LogP contribution in [0, 0.1) is 5.92 Å². The molecule has 1 aliphatic heterocycles. The van der Waals surface area contributed by atoms with Crippen LogP contribution >= 0.6 is 0 Å². The Bertz CT molecular complexity index is 839. The van der Waals surface area contributed by atoms with Crippen molar-refractivity contribution in [2.45, 2.75) is 19.1 Å². The van der Waals surface area contributed by atoms with Gasteiger partial charge in [0.15, 0.2) is 11.5 Å². The lowest BCUT2D eigenvalue weighted by Crippen LogP contribution is -2.54. The number of rotatable bonds is 4. The number of methoxy groups -OCH3 is 2. The summed E-state index contributed by atoms with van der Waals surface area (Å²) in [5.74, 6) is 0.0533. The number of benzene rings is 1. The molecule has 1 aliphatic rings. The monoisotopic (exact) mass is 402 g/mol. The van der Waals surface area contributed by atoms with E-state index in [0.717, 1.165) is 29.8 Å². The van der Waals surface area contributed by atoms with Gasteiger partial charge in [-0.3, -0.25) is 0 Å². The Morgan fingerprint density at radius 3 is 2.25 bits per heavy atom. The molecule has 3 N–H and O–H groups in total. The minimum atomic E-state index is -5.08. The van der Waals surface area contributed by atoms with E-state index in [1.165, 1.54) is 0 Å². The van der Waals surface area contributed by atoms with Crippen LogP contribution in [0.1, 0.15) is 6.92 Å². The van der Waals surface area contributed by atoms with Gasteiger partial charge in [0.2, 0.25) is 0 Å². The molecule has 1 aromatic heterocycles. The molecular formula is C17H21F3N4O4. The quantitative estimate of drug-likeness (QED) is 0.800. The number of carbonyl (C=O) groups is 1. The number of nitrogens with two attached hydrogens (primary N) is 1. The highest BCUT2D eigenvalue weighted by molar-refractivity contribution is 5.92. The smallest absolute Gasteiger partial charge is 0.490 e. The van der Waals surface area contributed by atoms with Crippen LogP contribution in [0.4, 0.5) is 19.0 Å². The Balaban J connectivity index is 0.000000345. The minimum Gasteiger partial charge on any atom is -0.493 e. The fourth-order valence-corrected chi connectivity index (χ4v) is 2.64. The maximum Gasteiger partial charge on any atom is 0.490 e. The van der Waals surface area contributed by atoms with Gasteiger partial charge in [0.05, 0.1) is 19.7 Å². The van der Waals surface area contributed by atoms with E-state index in [1.54, 1.807) is 20.5 Å². The largest absolute Gasteiger partial charge is 0.493 e. The molecule has 154 valence electrons. The van der Waals surface area contributed by atoms with Gasteiger partial charge in [-0.25, -0.2) is 14.8 Å². The van der Waals surface area contributed by atoms with Gasteiger partial charge in [-0.05, 0) is 13.0 Å². The number of carboxylic acid groups (broad SMARTS) is 1. The van der Waals surface area contributed by atoms with Crippen molar-refractivity contribution in [1.82, 2.24) is 9.97 Å². The second-order valence-electron chi connectivity index (χ2n) is 6.25. The summed E-state index contributed by atoms with van der Waals surface area (Å²) >= 11 is 0. The highest BCUT2D eigenvalue weighted by Gasteiger charge is 2.38. The highest BCUT2D eigenvalue weighted by Crippen LogP contribution is 2.36. The van der Waals surface area contributed by atoms with E-state index in [-0.39, 0.29) is 6.04 Å². The van der Waals surface area contributed by atoms with E-state index < -0.39 is 12.1 Å². The average Bonchev–Trinajstić information content (AvgIpc) is 2.58. The summed E-state index contributed by atoms with van der Waals surface area (Å²) in [6.45, 7) is 3.91. The van der Waals surface area contributed by atoms with E-state index in [2.05, 4.69) is 14.9 Å². The topological polar surface area (TPSA) is 111 Å². The van der Waals surface area contributed by atoms with Crippen LogP contribution in [0.3, 0.4) is 0 Å². The van der Waals surface area contributed by atoms with Gasteiger partial charge in [0, 0.05) is 36.5 Å². The second-order valence-corrected chi connectivity index (χ2v) is 6.25. The molecule has 2 aromatic rings. The SMILES string of the molecule is COc1cc2ncnc(N3CC(C(C)N)C3)c2cc1OC.O=C(O)C(F)(F)F. The summed E-state index contributed by atoms with van der Waals surface area (Å²) < 4.78 is 42.4. The van der Waals surface area contributed by atoms with Crippen LogP contribution in [0.15, 0.2) is 18.5 Å². The van der Waals surface area contributed by atoms with Crippen LogP contribution < -0.4 is 20.1 Å². The van der Waals surface area contributed by atoms with Crippen molar-refractivity contribution in [2.24, 2.45) is 11.7 Å². The lowest BCUT2D eigenvalue weighted by Gasteiger charge is -2.42. The van der Waals surface area contributed by atoms with Crippen molar-refractivity contribution in [3.8, 4) is 11.5 Å². The van der Waals surface area contributed by atoms with Gasteiger partial charge in [0.25, 0.3) is 0 Å². The third kappa shape index (κ3) is 4.71. The number of aromatic nitrogens is 2. The molecule has 0 saturated carbocycles. The first-order chi connectivity index (χ1) is 13.1. The van der Waals surface area contributed by atoms with Gasteiger partial charge < -0.3 is 25.2 Å². The highest BCUT2D eigenvalue weighted by atomic mass is 19.4. The Kier molecular flexibility index (Phi) is 6.49. The van der Waals surface area contributed by atoms with E-state index in [9.17, 15) is 13.2 Å². The van der Waals surface area contributed by atoms with Crippen LogP contribution in [0.25, 0.3) is 10.9 Å². The van der Waals surface area contributed by atoms with E-state index in [0.29, 0.717) is 17.4 Å². The third-order valence-corrected chi connectivity index (χ3v) is 4.32. The number of hydrogen-bond donors (Lipinski definition) is 2. The van der Waals surface area contributed by atoms with Crippen LogP contribution in [-0.4, -0.2) is 60.6 Å². The summed E-state index contributed by atoms with van der Waals surface area (Å²) in [6.07, 6.45) is -3.50. The molecule has 0 radical (unpaired) electrons. The predicted molar refractivity (Wildman–Crippen MR) is 95.7 cm³/mol. The maximum atomic E-state index is 10.6. The van der Waals surface area contributed by atoms with Crippen molar-refractivity contribution >= 4 is 22.7 Å². The van der Waals surface area contributed by atoms with Crippen LogP contribution in [0.5, 0.6) is 11.5 Å². The fourth-order valence-electron chi connectivity index (χ4n) is 2.64. The Morgan fingerprint density at radius 1 is 1.25 bits per heavy atom. The molecule has 1 aromatic carbocycles. The van der Waals surface area contributed by atoms with Crippen LogP contribution in [0.2, 0.25) is 0 Å². The molecule has 28 heavy (non-hydrogen) atoms. The maximum absolute atomic E-state index is 10.6. The zero-order valence-electron chi connectivity index (χ0n) is 15.5. The summed E-state index contributed by atoms with van der Waals surface area (Å²) in [5.41, 5.74) is 6.79. The zero-order valence-corrected chi connectivity index (χ0v) is 15.5. The zero-order chi connectivity index (χ0) is 21.1. The first kappa shape index (κ1) is 21.5. The van der Waals surface area contributed by atoms with Crippen molar-refractivity contribution in [3.63, 3.8) is 0 Å². The molecule has 1 atom stereocenters. The lowest BCUT2D eigenvalue weighted by atomic mass is 9.93. The fraction of sp³-hybridized carbons (Fsp3) is 0.471. The van der Waals surface area contributed by atoms with Gasteiger partial charge in [-0.15, -0.1) is 0 Å². The molecule has 1 unspecified atom stereocenters. The molecule has 1 fully saturated rings. The van der Waals surface area contributed by atoms with Crippen molar-refractivity contribution in [3.05, 3.63) is 18.5 Å². The summed E-state index contributed by atoms with van der Waals surface area (Å²) in [7, 11) is 3.25. The van der Waals surface area contributed by atoms with E-state index >= 15 is 0 Å². The molecule has 2 heterocycles. The standard InChI is InChI=1S/C15H20N4O2.C2HF3O2/c1-9(16)10-6-19(7-10)15-11-4-13(20-2)14(21-3)5-12(11)17-8-18-15;3-2(4,5)1(6)7/h4-5,8-10H,6-7,16H2,1-3H3;(H,6,7). The molecule has 0 amide bonds. The lowest BCUT2D eigenvalue weighted by molar-refractivity contribution is -0.192. The number of halogens is 3. The molecule has 0 bridgehead atoms. The molecule has 1 saturated heterocycles. The van der Waals surface area contributed by atoms with Crippen molar-refractivity contribution < 1.29 is 32.5 Å². The number of fused-ring (bicyclic) bond motifs is 1. The number of alkyl halides is 3. The number of nitrogens with zero attached hydrogens (tertiary/aromatic N) is 3. The average molecular weight is 402 g/mol. The van der Waals surface area contributed by atoms with E-state index in [1.807, 2.05) is 19.1 Å². The van der Waals surface area contributed by atoms with Gasteiger partial charge in [-0.2, -0.15) is 13.2 Å². The first-order valence-corrected chi connectivity index (χ1v) is 8.25. The number of aliphatic carboxylic acids is 1. The molecule has 3 rings (SSSR count). The molecule has 0 spiro atoms. The number of carboxylic acids is 1. The Labute approximate surface area is 159 Å². The third-order valence-electron chi connectivity index (χ3n) is 4.32. The Morgan fingerprint density at radius 2 is 1.79 bits per heavy atom. The number of hydrogen-bond acceptors (Lipinski definition) is 7. The van der Waals surface area contributed by atoms with Crippen molar-refractivity contribution in [2.75, 3.05) is 32.2 Å². The number of ether oxygens (including phenoxy) is 2. The van der Waals surface area contributed by atoms with Gasteiger partial charge in [0.1, 0.15) is 12.1 Å².